The maximum Gasteiger partial charge on any atom is 0.0220 e. The maximum atomic E-state index is 3.63. The van der Waals surface area contributed by atoms with Gasteiger partial charge in [-0.25, -0.2) is 0 Å². The van der Waals surface area contributed by atoms with Gasteiger partial charge in [0.1, 0.15) is 0 Å². The molecule has 112 valence electrons. The molecule has 0 saturated heterocycles. The van der Waals surface area contributed by atoms with Crippen molar-refractivity contribution < 1.29 is 0 Å². The first kappa shape index (κ1) is 15.3. The first-order valence-corrected chi connectivity index (χ1v) is 8.62. The highest BCUT2D eigenvalue weighted by Gasteiger charge is 2.29. The minimum Gasteiger partial charge on any atom is -0.315 e. The summed E-state index contributed by atoms with van der Waals surface area (Å²) in [5, 5.41) is 3.63. The van der Waals surface area contributed by atoms with Crippen molar-refractivity contribution in [2.24, 2.45) is 11.8 Å². The summed E-state index contributed by atoms with van der Waals surface area (Å²) in [6.07, 6.45) is 11.6. The predicted octanol–water partition coefficient (Wildman–Crippen LogP) is 3.67. The lowest BCUT2D eigenvalue weighted by molar-refractivity contribution is 0.144. The van der Waals surface area contributed by atoms with Crippen molar-refractivity contribution in [3.63, 3.8) is 0 Å². The smallest absolute Gasteiger partial charge is 0.0220 e. The van der Waals surface area contributed by atoms with Crippen LogP contribution >= 0.6 is 0 Å². The topological polar surface area (TPSA) is 15.3 Å². The van der Waals surface area contributed by atoms with E-state index in [4.69, 9.17) is 0 Å². The maximum absolute atomic E-state index is 3.63. The zero-order chi connectivity index (χ0) is 13.7. The van der Waals surface area contributed by atoms with Gasteiger partial charge in [-0.1, -0.05) is 39.5 Å². The minimum atomic E-state index is 0.724. The molecule has 2 heteroatoms. The molecule has 0 amide bonds. The zero-order valence-electron chi connectivity index (χ0n) is 13.3. The second-order valence-corrected chi connectivity index (χ2v) is 7.23. The Morgan fingerprint density at radius 1 is 0.947 bits per heavy atom. The van der Waals surface area contributed by atoms with Crippen LogP contribution < -0.4 is 5.32 Å². The Morgan fingerprint density at radius 2 is 1.53 bits per heavy atom. The number of likely N-dealkylation sites (N-methyl/N-ethyl adjacent to an activating group) is 1. The quantitative estimate of drug-likeness (QED) is 0.756. The summed E-state index contributed by atoms with van der Waals surface area (Å²) in [5.41, 5.74) is 0. The molecule has 19 heavy (non-hydrogen) atoms. The molecule has 2 nitrogen and oxygen atoms in total. The number of rotatable bonds is 7. The number of hydrogen-bond acceptors (Lipinski definition) is 2. The van der Waals surface area contributed by atoms with E-state index in [1.807, 2.05) is 0 Å². The summed E-state index contributed by atoms with van der Waals surface area (Å²) >= 11 is 0. The number of nitrogens with zero attached hydrogens (tertiary/aromatic N) is 1. The van der Waals surface area contributed by atoms with Gasteiger partial charge in [0.15, 0.2) is 0 Å². The van der Waals surface area contributed by atoms with Crippen molar-refractivity contribution in [1.82, 2.24) is 10.2 Å². The molecule has 0 radical (unpaired) electrons. The molecule has 2 aliphatic rings. The molecule has 0 heterocycles. The van der Waals surface area contributed by atoms with Gasteiger partial charge in [0, 0.05) is 25.2 Å². The van der Waals surface area contributed by atoms with Gasteiger partial charge in [-0.15, -0.1) is 0 Å². The molecule has 1 unspecified atom stereocenters. The third kappa shape index (κ3) is 4.46. The largest absolute Gasteiger partial charge is 0.315 e. The van der Waals surface area contributed by atoms with Crippen LogP contribution in [-0.4, -0.2) is 37.1 Å². The van der Waals surface area contributed by atoms with Crippen molar-refractivity contribution in [2.45, 2.75) is 77.3 Å². The van der Waals surface area contributed by atoms with Crippen molar-refractivity contribution in [3.05, 3.63) is 0 Å². The van der Waals surface area contributed by atoms with Crippen molar-refractivity contribution in [1.29, 1.82) is 0 Å². The van der Waals surface area contributed by atoms with Crippen LogP contribution in [0.1, 0.15) is 65.2 Å². The van der Waals surface area contributed by atoms with E-state index in [1.165, 1.54) is 64.5 Å². The van der Waals surface area contributed by atoms with Crippen LogP contribution in [0.25, 0.3) is 0 Å². The van der Waals surface area contributed by atoms with Crippen molar-refractivity contribution >= 4 is 0 Å². The van der Waals surface area contributed by atoms with E-state index < -0.39 is 0 Å². The van der Waals surface area contributed by atoms with Gasteiger partial charge in [0.2, 0.25) is 0 Å². The average molecular weight is 266 g/mol. The van der Waals surface area contributed by atoms with E-state index in [-0.39, 0.29) is 0 Å². The van der Waals surface area contributed by atoms with Crippen molar-refractivity contribution in [2.75, 3.05) is 20.1 Å². The minimum absolute atomic E-state index is 0.724. The van der Waals surface area contributed by atoms with Crippen LogP contribution in [0.15, 0.2) is 0 Å². The van der Waals surface area contributed by atoms with E-state index in [0.717, 1.165) is 23.9 Å². The monoisotopic (exact) mass is 266 g/mol. The normalized spacial score (nSPS) is 23.8. The highest BCUT2D eigenvalue weighted by atomic mass is 15.2. The molecular formula is C17H34N2. The molecule has 0 spiro atoms. The fourth-order valence-corrected chi connectivity index (χ4v) is 4.20. The van der Waals surface area contributed by atoms with E-state index in [0.29, 0.717) is 0 Å². The summed E-state index contributed by atoms with van der Waals surface area (Å²) in [7, 11) is 2.17. The van der Waals surface area contributed by atoms with Crippen LogP contribution in [0.4, 0.5) is 0 Å². The molecule has 1 N–H and O–H groups in total. The molecule has 1 atom stereocenters. The Morgan fingerprint density at radius 3 is 2.05 bits per heavy atom. The molecule has 2 fully saturated rings. The van der Waals surface area contributed by atoms with Crippen LogP contribution in [-0.2, 0) is 0 Å². The first-order chi connectivity index (χ1) is 9.20. The van der Waals surface area contributed by atoms with Crippen molar-refractivity contribution in [3.8, 4) is 0 Å². The van der Waals surface area contributed by atoms with Gasteiger partial charge in [-0.05, 0) is 44.6 Å². The summed E-state index contributed by atoms with van der Waals surface area (Å²) < 4.78 is 0. The first-order valence-electron chi connectivity index (χ1n) is 8.62. The second kappa shape index (κ2) is 7.64. The van der Waals surface area contributed by atoms with Gasteiger partial charge in [-0.3, -0.25) is 4.90 Å². The van der Waals surface area contributed by atoms with Crippen LogP contribution in [0, 0.1) is 11.8 Å². The van der Waals surface area contributed by atoms with Gasteiger partial charge in [0.25, 0.3) is 0 Å². The molecule has 2 rings (SSSR count). The van der Waals surface area contributed by atoms with E-state index in [1.54, 1.807) is 0 Å². The fourth-order valence-electron chi connectivity index (χ4n) is 4.20. The third-order valence-corrected chi connectivity index (χ3v) is 5.21. The van der Waals surface area contributed by atoms with Gasteiger partial charge in [-0.2, -0.15) is 0 Å². The SMILES string of the molecule is CNC(CN(CC(C)C)C1CCCC1)C1CCCC1. The Hall–Kier alpha value is -0.0800. The summed E-state index contributed by atoms with van der Waals surface area (Å²) in [6, 6.07) is 1.60. The van der Waals surface area contributed by atoms with Gasteiger partial charge in [0.05, 0.1) is 0 Å². The average Bonchev–Trinajstić information content (AvgIpc) is 3.05. The molecular weight excluding hydrogens is 232 g/mol. The summed E-state index contributed by atoms with van der Waals surface area (Å²) in [4.78, 5) is 2.82. The Kier molecular flexibility index (Phi) is 6.15. The van der Waals surface area contributed by atoms with Crippen LogP contribution in [0.2, 0.25) is 0 Å². The predicted molar refractivity (Wildman–Crippen MR) is 83.5 cm³/mol. The van der Waals surface area contributed by atoms with Gasteiger partial charge >= 0.3 is 0 Å². The van der Waals surface area contributed by atoms with E-state index >= 15 is 0 Å². The highest BCUT2D eigenvalue weighted by molar-refractivity contribution is 4.86. The third-order valence-electron chi connectivity index (χ3n) is 5.21. The molecule has 0 aromatic rings. The molecule has 0 aromatic carbocycles. The standard InChI is InChI=1S/C17H34N2/c1-14(2)12-19(16-10-6-7-11-16)13-17(18-3)15-8-4-5-9-15/h14-18H,4-13H2,1-3H3. The van der Waals surface area contributed by atoms with E-state index in [9.17, 15) is 0 Å². The lowest BCUT2D eigenvalue weighted by Crippen LogP contribution is -2.47. The van der Waals surface area contributed by atoms with Crippen LogP contribution in [0.3, 0.4) is 0 Å². The second-order valence-electron chi connectivity index (χ2n) is 7.23. The molecule has 2 aliphatic carbocycles. The van der Waals surface area contributed by atoms with E-state index in [2.05, 4.69) is 31.1 Å². The Balaban J connectivity index is 1.92. The fraction of sp³-hybridized carbons (Fsp3) is 1.00. The molecule has 0 aromatic heterocycles. The van der Waals surface area contributed by atoms with Gasteiger partial charge < -0.3 is 5.32 Å². The Labute approximate surface area is 120 Å². The zero-order valence-corrected chi connectivity index (χ0v) is 13.3. The van der Waals surface area contributed by atoms with Crippen LogP contribution in [0.5, 0.6) is 0 Å². The summed E-state index contributed by atoms with van der Waals surface area (Å²) in [5.74, 6) is 1.72. The molecule has 0 bridgehead atoms. The lowest BCUT2D eigenvalue weighted by atomic mass is 9.96. The highest BCUT2D eigenvalue weighted by Crippen LogP contribution is 2.30. The summed E-state index contributed by atoms with van der Waals surface area (Å²) in [6.45, 7) is 7.30. The number of nitrogens with one attached hydrogen (secondary N) is 1. The lowest BCUT2D eigenvalue weighted by Gasteiger charge is -2.35. The Bertz CT molecular complexity index is 240. The molecule has 2 saturated carbocycles. The molecule has 0 aliphatic heterocycles. The number of hydrogen-bond donors (Lipinski definition) is 1.